The maximum atomic E-state index is 6.27. The highest BCUT2D eigenvalue weighted by atomic mass is 127. The normalized spacial score (nSPS) is 26.5. The average molecular weight is 452 g/mol. The number of benzene rings is 2. The van der Waals surface area contributed by atoms with Crippen molar-refractivity contribution in [2.24, 2.45) is 0 Å². The van der Waals surface area contributed by atoms with E-state index in [-0.39, 0.29) is 24.4 Å². The molecule has 0 amide bonds. The third-order valence-corrected chi connectivity index (χ3v) is 5.32. The Labute approximate surface area is 163 Å². The van der Waals surface area contributed by atoms with Crippen LogP contribution in [-0.2, 0) is 27.4 Å². The predicted octanol–water partition coefficient (Wildman–Crippen LogP) is 4.77. The lowest BCUT2D eigenvalue weighted by atomic mass is 9.98. The van der Waals surface area contributed by atoms with Gasteiger partial charge in [0.2, 0.25) is 0 Å². The van der Waals surface area contributed by atoms with E-state index in [0.717, 1.165) is 10.8 Å². The molecule has 2 aromatic rings. The largest absolute Gasteiger partial charge is 0.372 e. The van der Waals surface area contributed by atoms with Crippen LogP contribution in [0.4, 0.5) is 0 Å². The highest BCUT2D eigenvalue weighted by molar-refractivity contribution is 14.1. The SMILES string of the molecule is CC1CC(OCc2ccccc2)C(OCc2ccccc2)C(CI)O1. The molecule has 4 unspecified atom stereocenters. The van der Waals surface area contributed by atoms with Gasteiger partial charge in [-0.3, -0.25) is 0 Å². The molecule has 1 fully saturated rings. The van der Waals surface area contributed by atoms with Gasteiger partial charge in [-0.25, -0.2) is 0 Å². The van der Waals surface area contributed by atoms with Gasteiger partial charge in [-0.15, -0.1) is 0 Å². The molecule has 1 aliphatic rings. The molecule has 0 bridgehead atoms. The minimum absolute atomic E-state index is 0.0444. The number of hydrogen-bond donors (Lipinski definition) is 0. The Morgan fingerprint density at radius 2 is 1.48 bits per heavy atom. The van der Waals surface area contributed by atoms with Crippen molar-refractivity contribution in [2.45, 2.75) is 51.0 Å². The molecule has 3 rings (SSSR count). The number of halogens is 1. The van der Waals surface area contributed by atoms with E-state index in [4.69, 9.17) is 14.2 Å². The second-order valence-corrected chi connectivity index (χ2v) is 7.35. The lowest BCUT2D eigenvalue weighted by Gasteiger charge is -2.40. The molecule has 134 valence electrons. The summed E-state index contributed by atoms with van der Waals surface area (Å²) >= 11 is 2.38. The molecule has 1 heterocycles. The van der Waals surface area contributed by atoms with Crippen LogP contribution in [0.15, 0.2) is 60.7 Å². The van der Waals surface area contributed by atoms with Crippen LogP contribution in [0.3, 0.4) is 0 Å². The predicted molar refractivity (Wildman–Crippen MR) is 108 cm³/mol. The van der Waals surface area contributed by atoms with Crippen LogP contribution in [0.1, 0.15) is 24.5 Å². The Kier molecular flexibility index (Phi) is 7.28. The molecule has 1 saturated heterocycles. The summed E-state index contributed by atoms with van der Waals surface area (Å²) in [6.45, 7) is 3.31. The lowest BCUT2D eigenvalue weighted by Crippen LogP contribution is -2.50. The first-order valence-corrected chi connectivity index (χ1v) is 10.3. The first kappa shape index (κ1) is 18.8. The minimum atomic E-state index is -0.0444. The Bertz CT molecular complexity index is 620. The lowest BCUT2D eigenvalue weighted by molar-refractivity contribution is -0.196. The van der Waals surface area contributed by atoms with Crippen LogP contribution in [0.25, 0.3) is 0 Å². The molecule has 1 aliphatic heterocycles. The summed E-state index contributed by atoms with van der Waals surface area (Å²) in [6.07, 6.45) is 1.12. The maximum Gasteiger partial charge on any atom is 0.111 e. The summed E-state index contributed by atoms with van der Waals surface area (Å²) in [6, 6.07) is 20.6. The van der Waals surface area contributed by atoms with Crippen molar-refractivity contribution < 1.29 is 14.2 Å². The van der Waals surface area contributed by atoms with Crippen LogP contribution >= 0.6 is 22.6 Å². The van der Waals surface area contributed by atoms with E-state index in [1.54, 1.807) is 0 Å². The van der Waals surface area contributed by atoms with Gasteiger partial charge >= 0.3 is 0 Å². The van der Waals surface area contributed by atoms with Crippen molar-refractivity contribution in [1.82, 2.24) is 0 Å². The minimum Gasteiger partial charge on any atom is -0.372 e. The van der Waals surface area contributed by atoms with E-state index in [1.807, 2.05) is 36.4 Å². The monoisotopic (exact) mass is 452 g/mol. The molecular weight excluding hydrogens is 427 g/mol. The summed E-state index contributed by atoms with van der Waals surface area (Å²) in [4.78, 5) is 0. The molecule has 25 heavy (non-hydrogen) atoms. The van der Waals surface area contributed by atoms with E-state index in [1.165, 1.54) is 11.1 Å². The van der Waals surface area contributed by atoms with E-state index in [2.05, 4.69) is 53.8 Å². The van der Waals surface area contributed by atoms with Gasteiger partial charge in [0, 0.05) is 10.8 Å². The first-order valence-electron chi connectivity index (χ1n) is 8.78. The fourth-order valence-electron chi connectivity index (χ4n) is 3.18. The van der Waals surface area contributed by atoms with Gasteiger partial charge in [0.05, 0.1) is 31.5 Å². The fraction of sp³-hybridized carbons (Fsp3) is 0.429. The number of hydrogen-bond acceptors (Lipinski definition) is 3. The summed E-state index contributed by atoms with van der Waals surface area (Å²) in [5, 5.41) is 0. The summed E-state index contributed by atoms with van der Waals surface area (Å²) in [5.41, 5.74) is 2.37. The van der Waals surface area contributed by atoms with E-state index in [9.17, 15) is 0 Å². The van der Waals surface area contributed by atoms with Gasteiger partial charge < -0.3 is 14.2 Å². The van der Waals surface area contributed by atoms with Gasteiger partial charge in [0.25, 0.3) is 0 Å². The van der Waals surface area contributed by atoms with Crippen molar-refractivity contribution in [2.75, 3.05) is 4.43 Å². The van der Waals surface area contributed by atoms with Crippen LogP contribution in [0, 0.1) is 0 Å². The standard InChI is InChI=1S/C21H25IO3/c1-16-12-19(23-14-17-8-4-2-5-9-17)21(20(13-22)25-16)24-15-18-10-6-3-7-11-18/h2-11,16,19-21H,12-15H2,1H3. The van der Waals surface area contributed by atoms with Crippen LogP contribution in [0.5, 0.6) is 0 Å². The Hall–Kier alpha value is -0.950. The zero-order valence-electron chi connectivity index (χ0n) is 14.5. The molecular formula is C21H25IO3. The van der Waals surface area contributed by atoms with Gasteiger partial charge in [-0.2, -0.15) is 0 Å². The quantitative estimate of drug-likeness (QED) is 0.448. The molecule has 2 aromatic carbocycles. The number of ether oxygens (including phenoxy) is 3. The van der Waals surface area contributed by atoms with Gasteiger partial charge in [0.15, 0.2) is 0 Å². The molecule has 0 spiro atoms. The second-order valence-electron chi connectivity index (χ2n) is 6.47. The van der Waals surface area contributed by atoms with Gasteiger partial charge in [-0.05, 0) is 18.1 Å². The third kappa shape index (κ3) is 5.51. The molecule has 0 N–H and O–H groups in total. The van der Waals surface area contributed by atoms with Crippen molar-refractivity contribution in [3.05, 3.63) is 71.8 Å². The Balaban J connectivity index is 1.65. The second kappa shape index (κ2) is 9.67. The smallest absolute Gasteiger partial charge is 0.111 e. The Morgan fingerprint density at radius 1 is 0.920 bits per heavy atom. The van der Waals surface area contributed by atoms with Crippen LogP contribution < -0.4 is 0 Å². The summed E-state index contributed by atoms with van der Waals surface area (Å²) in [5.74, 6) is 0. The Morgan fingerprint density at radius 3 is 2.04 bits per heavy atom. The van der Waals surface area contributed by atoms with Crippen molar-refractivity contribution in [3.63, 3.8) is 0 Å². The first-order chi connectivity index (χ1) is 12.3. The molecule has 0 aliphatic carbocycles. The van der Waals surface area contributed by atoms with Crippen LogP contribution in [-0.4, -0.2) is 28.8 Å². The fourth-order valence-corrected chi connectivity index (χ4v) is 3.89. The van der Waals surface area contributed by atoms with Gasteiger partial charge in [-0.1, -0.05) is 83.3 Å². The molecule has 0 saturated carbocycles. The maximum absolute atomic E-state index is 6.27. The van der Waals surface area contributed by atoms with E-state index >= 15 is 0 Å². The molecule has 0 aromatic heterocycles. The highest BCUT2D eigenvalue weighted by Crippen LogP contribution is 2.28. The van der Waals surface area contributed by atoms with Crippen LogP contribution in [0.2, 0.25) is 0 Å². The van der Waals surface area contributed by atoms with E-state index < -0.39 is 0 Å². The molecule has 4 atom stereocenters. The summed E-state index contributed by atoms with van der Waals surface area (Å²) < 4.78 is 19.5. The van der Waals surface area contributed by atoms with Crippen molar-refractivity contribution in [1.29, 1.82) is 0 Å². The summed E-state index contributed by atoms with van der Waals surface area (Å²) in [7, 11) is 0. The molecule has 4 heteroatoms. The number of alkyl halides is 1. The zero-order valence-corrected chi connectivity index (χ0v) is 16.7. The average Bonchev–Trinajstić information content (AvgIpc) is 2.66. The van der Waals surface area contributed by atoms with Crippen molar-refractivity contribution in [3.8, 4) is 0 Å². The van der Waals surface area contributed by atoms with E-state index in [0.29, 0.717) is 13.2 Å². The zero-order chi connectivity index (χ0) is 17.5. The van der Waals surface area contributed by atoms with Gasteiger partial charge in [0.1, 0.15) is 6.10 Å². The highest BCUT2D eigenvalue weighted by Gasteiger charge is 2.38. The molecule has 3 nitrogen and oxygen atoms in total. The third-order valence-electron chi connectivity index (χ3n) is 4.45. The molecule has 0 radical (unpaired) electrons. The van der Waals surface area contributed by atoms with Crippen molar-refractivity contribution >= 4 is 22.6 Å². The number of rotatable bonds is 7. The topological polar surface area (TPSA) is 27.7 Å².